The first-order chi connectivity index (χ1) is 8.09. The number of nitrogens with one attached hydrogen (secondary N) is 2. The number of imidazole rings is 1. The van der Waals surface area contributed by atoms with Gasteiger partial charge in [0.05, 0.1) is 17.1 Å². The highest BCUT2D eigenvalue weighted by molar-refractivity contribution is 6.04. The van der Waals surface area contributed by atoms with E-state index in [1.54, 1.807) is 13.0 Å². The predicted octanol–water partition coefficient (Wildman–Crippen LogP) is 1.28. The summed E-state index contributed by atoms with van der Waals surface area (Å²) in [7, 11) is 1.93. The summed E-state index contributed by atoms with van der Waals surface area (Å²) >= 11 is 0. The quantitative estimate of drug-likeness (QED) is 0.676. The number of hydrogen-bond donors (Lipinski definition) is 3. The van der Waals surface area contributed by atoms with Gasteiger partial charge in [-0.3, -0.25) is 5.41 Å². The molecule has 5 heteroatoms. The minimum absolute atomic E-state index is 0.368. The zero-order chi connectivity index (χ0) is 13.0. The van der Waals surface area contributed by atoms with Gasteiger partial charge in [0.15, 0.2) is 5.82 Å². The molecule has 1 aliphatic heterocycles. The predicted molar refractivity (Wildman–Crippen MR) is 69.9 cm³/mol. The largest absolute Gasteiger partial charge is 0.402 e. The number of fused-ring (bicyclic) bond motifs is 1. The van der Waals surface area contributed by atoms with Gasteiger partial charge in [-0.1, -0.05) is 13.8 Å². The fourth-order valence-corrected chi connectivity index (χ4v) is 1.78. The van der Waals surface area contributed by atoms with E-state index >= 15 is 0 Å². The summed E-state index contributed by atoms with van der Waals surface area (Å²) in [6, 6.07) is 0. The van der Waals surface area contributed by atoms with Gasteiger partial charge in [-0.25, -0.2) is 4.98 Å². The van der Waals surface area contributed by atoms with Crippen LogP contribution in [0.5, 0.6) is 0 Å². The molecule has 0 atom stereocenters. The zero-order valence-corrected chi connectivity index (χ0v) is 11.0. The van der Waals surface area contributed by atoms with Crippen LogP contribution >= 0.6 is 0 Å². The summed E-state index contributed by atoms with van der Waals surface area (Å²) in [6.07, 6.45) is 1.63. The topological polar surface area (TPSA) is 79.7 Å². The molecule has 5 nitrogen and oxygen atoms in total. The normalized spacial score (nSPS) is 14.0. The third kappa shape index (κ3) is 2.74. The average molecular weight is 235 g/mol. The minimum atomic E-state index is 0.368. The van der Waals surface area contributed by atoms with Gasteiger partial charge in [0.2, 0.25) is 0 Å². The van der Waals surface area contributed by atoms with Crippen molar-refractivity contribution in [3.05, 3.63) is 29.0 Å². The molecule has 0 fully saturated rings. The van der Waals surface area contributed by atoms with E-state index in [1.165, 1.54) is 0 Å². The van der Waals surface area contributed by atoms with E-state index in [0.29, 0.717) is 17.2 Å². The van der Waals surface area contributed by atoms with Crippen LogP contribution in [0.3, 0.4) is 0 Å². The van der Waals surface area contributed by atoms with E-state index in [4.69, 9.17) is 11.1 Å². The lowest BCUT2D eigenvalue weighted by molar-refractivity contribution is 0.709. The Kier molecular flexibility index (Phi) is 4.45. The molecular formula is C12H21N5. The first kappa shape index (κ1) is 13.4. The second-order valence-corrected chi connectivity index (χ2v) is 3.79. The lowest BCUT2D eigenvalue weighted by Crippen LogP contribution is -2.12. The Morgan fingerprint density at radius 3 is 2.65 bits per heavy atom. The van der Waals surface area contributed by atoms with Crippen LogP contribution in [0.25, 0.3) is 0 Å². The van der Waals surface area contributed by atoms with Gasteiger partial charge < -0.3 is 15.6 Å². The second-order valence-electron chi connectivity index (χ2n) is 3.79. The molecule has 17 heavy (non-hydrogen) atoms. The standard InChI is InChI=1S/C10H15N5.C2H6/c1-6(11)3-7(12)10-14-8-4-13-5-9(8)15(10)2;1-2/h3,12-13H,4-5,11H2,1-2H3;1-2H3/b6-3-,12-7?;. The fraction of sp³-hybridized carbons (Fsp3) is 0.500. The maximum absolute atomic E-state index is 7.85. The smallest absolute Gasteiger partial charge is 0.158 e. The van der Waals surface area contributed by atoms with E-state index in [-0.39, 0.29) is 0 Å². The molecular weight excluding hydrogens is 214 g/mol. The molecule has 0 bridgehead atoms. The summed E-state index contributed by atoms with van der Waals surface area (Å²) in [4.78, 5) is 4.42. The van der Waals surface area contributed by atoms with Gasteiger partial charge in [-0.05, 0) is 13.0 Å². The Labute approximate surface area is 102 Å². The van der Waals surface area contributed by atoms with Crippen molar-refractivity contribution in [1.29, 1.82) is 5.41 Å². The van der Waals surface area contributed by atoms with Gasteiger partial charge >= 0.3 is 0 Å². The van der Waals surface area contributed by atoms with E-state index < -0.39 is 0 Å². The van der Waals surface area contributed by atoms with Crippen molar-refractivity contribution >= 4 is 5.71 Å². The molecule has 0 spiro atoms. The Balaban J connectivity index is 0.000000686. The lowest BCUT2D eigenvalue weighted by Gasteiger charge is -2.03. The van der Waals surface area contributed by atoms with E-state index in [0.717, 1.165) is 24.5 Å². The number of hydrogen-bond acceptors (Lipinski definition) is 4. The lowest BCUT2D eigenvalue weighted by atomic mass is 10.3. The summed E-state index contributed by atoms with van der Waals surface area (Å²) in [5, 5.41) is 11.1. The van der Waals surface area contributed by atoms with Gasteiger partial charge in [-0.15, -0.1) is 0 Å². The van der Waals surface area contributed by atoms with Gasteiger partial charge in [0.1, 0.15) is 0 Å². The third-order valence-corrected chi connectivity index (χ3v) is 2.49. The van der Waals surface area contributed by atoms with Crippen molar-refractivity contribution < 1.29 is 0 Å². The van der Waals surface area contributed by atoms with E-state index in [1.807, 2.05) is 25.5 Å². The summed E-state index contributed by atoms with van der Waals surface area (Å²) < 4.78 is 1.96. The van der Waals surface area contributed by atoms with Crippen molar-refractivity contribution in [2.24, 2.45) is 12.8 Å². The number of nitrogens with two attached hydrogens (primary N) is 1. The number of allylic oxidation sites excluding steroid dienone is 2. The molecule has 0 saturated heterocycles. The molecule has 4 N–H and O–H groups in total. The van der Waals surface area contributed by atoms with E-state index in [2.05, 4.69) is 10.3 Å². The Morgan fingerprint density at radius 2 is 2.12 bits per heavy atom. The molecule has 0 saturated carbocycles. The van der Waals surface area contributed by atoms with Crippen LogP contribution in [0.2, 0.25) is 0 Å². The molecule has 2 heterocycles. The maximum atomic E-state index is 7.85. The number of nitrogens with zero attached hydrogens (tertiary/aromatic N) is 2. The van der Waals surface area contributed by atoms with Crippen molar-refractivity contribution in [2.75, 3.05) is 0 Å². The highest BCUT2D eigenvalue weighted by Gasteiger charge is 2.20. The monoisotopic (exact) mass is 235 g/mol. The summed E-state index contributed by atoms with van der Waals surface area (Å²) in [6.45, 7) is 7.39. The summed E-state index contributed by atoms with van der Waals surface area (Å²) in [5.74, 6) is 0.686. The van der Waals surface area contributed by atoms with Gasteiger partial charge in [0, 0.05) is 25.8 Å². The highest BCUT2D eigenvalue weighted by Crippen LogP contribution is 2.16. The second kappa shape index (κ2) is 5.63. The molecule has 0 unspecified atom stereocenters. The van der Waals surface area contributed by atoms with Crippen molar-refractivity contribution in [3.8, 4) is 0 Å². The Morgan fingerprint density at radius 1 is 1.47 bits per heavy atom. The Hall–Kier alpha value is -1.62. The molecule has 0 aromatic carbocycles. The highest BCUT2D eigenvalue weighted by atomic mass is 15.1. The molecule has 1 aromatic heterocycles. The minimum Gasteiger partial charge on any atom is -0.402 e. The average Bonchev–Trinajstić information content (AvgIpc) is 2.84. The molecule has 1 aliphatic rings. The molecule has 0 aliphatic carbocycles. The number of rotatable bonds is 2. The van der Waals surface area contributed by atoms with Crippen LogP contribution in [0.4, 0.5) is 0 Å². The Bertz CT molecular complexity index is 438. The van der Waals surface area contributed by atoms with Crippen molar-refractivity contribution in [1.82, 2.24) is 14.9 Å². The van der Waals surface area contributed by atoms with Crippen LogP contribution in [0, 0.1) is 5.41 Å². The fourth-order valence-electron chi connectivity index (χ4n) is 1.78. The number of aromatic nitrogens is 2. The van der Waals surface area contributed by atoms with Crippen LogP contribution in [-0.2, 0) is 20.1 Å². The summed E-state index contributed by atoms with van der Waals surface area (Å²) in [5.41, 5.74) is 8.74. The van der Waals surface area contributed by atoms with Crippen molar-refractivity contribution in [3.63, 3.8) is 0 Å². The first-order valence-corrected chi connectivity index (χ1v) is 5.87. The molecule has 1 aromatic rings. The maximum Gasteiger partial charge on any atom is 0.158 e. The molecule has 2 rings (SSSR count). The van der Waals surface area contributed by atoms with Crippen molar-refractivity contribution in [2.45, 2.75) is 33.9 Å². The molecule has 94 valence electrons. The van der Waals surface area contributed by atoms with Crippen LogP contribution in [-0.4, -0.2) is 15.3 Å². The van der Waals surface area contributed by atoms with Crippen LogP contribution < -0.4 is 11.1 Å². The van der Waals surface area contributed by atoms with Crippen LogP contribution in [0.15, 0.2) is 11.8 Å². The molecule has 0 amide bonds. The van der Waals surface area contributed by atoms with E-state index in [9.17, 15) is 0 Å². The first-order valence-electron chi connectivity index (χ1n) is 5.87. The molecule has 0 radical (unpaired) electrons. The van der Waals surface area contributed by atoms with Gasteiger partial charge in [0.25, 0.3) is 0 Å². The third-order valence-electron chi connectivity index (χ3n) is 2.49. The van der Waals surface area contributed by atoms with Crippen LogP contribution in [0.1, 0.15) is 38.0 Å². The zero-order valence-electron chi connectivity index (χ0n) is 11.0. The van der Waals surface area contributed by atoms with Gasteiger partial charge in [-0.2, -0.15) is 0 Å². The SMILES string of the molecule is C/C(N)=C/C(=N)c1nc2c(n1C)CNC2.CC.